The van der Waals surface area contributed by atoms with Crippen LogP contribution >= 0.6 is 0 Å². The largest absolute Gasteiger partial charge is 0.338 e. The average Bonchev–Trinajstić information content (AvgIpc) is 3.19. The van der Waals surface area contributed by atoms with Gasteiger partial charge in [0.25, 0.3) is 0 Å². The van der Waals surface area contributed by atoms with E-state index < -0.39 is 0 Å². The van der Waals surface area contributed by atoms with Crippen LogP contribution in [0.15, 0.2) is 6.07 Å². The zero-order valence-corrected chi connectivity index (χ0v) is 14.8. The number of aryl methyl sites for hydroxylation is 2. The summed E-state index contributed by atoms with van der Waals surface area (Å²) in [4.78, 5) is 28.5. The second-order valence-corrected chi connectivity index (χ2v) is 6.94. The second kappa shape index (κ2) is 6.93. The average molecular weight is 333 g/mol. The fourth-order valence-corrected chi connectivity index (χ4v) is 4.16. The summed E-state index contributed by atoms with van der Waals surface area (Å²) in [7, 11) is 1.82. The minimum absolute atomic E-state index is 0.0164. The molecule has 0 radical (unpaired) electrons. The maximum atomic E-state index is 12.4. The van der Waals surface area contributed by atoms with Crippen LogP contribution < -0.4 is 5.32 Å². The van der Waals surface area contributed by atoms with E-state index in [0.717, 1.165) is 50.3 Å². The van der Waals surface area contributed by atoms with Crippen molar-refractivity contribution in [1.82, 2.24) is 19.6 Å². The van der Waals surface area contributed by atoms with E-state index >= 15 is 0 Å². The number of carbonyl (C=O) groups is 2. The van der Waals surface area contributed by atoms with Gasteiger partial charge in [0.05, 0.1) is 12.2 Å². The van der Waals surface area contributed by atoms with Crippen molar-refractivity contribution in [1.29, 1.82) is 0 Å². The molecule has 2 aliphatic heterocycles. The molecule has 2 fully saturated rings. The number of hydrogen-bond donors (Lipinski definition) is 1. The van der Waals surface area contributed by atoms with Gasteiger partial charge in [-0.3, -0.25) is 19.2 Å². The molecule has 2 atom stereocenters. The van der Waals surface area contributed by atoms with Gasteiger partial charge in [0.1, 0.15) is 5.82 Å². The number of hydrogen-bond acceptors (Lipinski definition) is 4. The third-order valence-corrected chi connectivity index (χ3v) is 5.18. The Bertz CT molecular complexity index is 626. The minimum atomic E-state index is -0.0164. The fourth-order valence-electron chi connectivity index (χ4n) is 4.16. The van der Waals surface area contributed by atoms with E-state index in [4.69, 9.17) is 0 Å². The number of carbonyl (C=O) groups excluding carboxylic acids is 2. The lowest BCUT2D eigenvalue weighted by Gasteiger charge is -2.34. The van der Waals surface area contributed by atoms with Crippen LogP contribution in [-0.2, 0) is 16.6 Å². The molecule has 2 aliphatic rings. The quantitative estimate of drug-likeness (QED) is 0.897. The van der Waals surface area contributed by atoms with Crippen molar-refractivity contribution < 1.29 is 9.59 Å². The van der Waals surface area contributed by atoms with Gasteiger partial charge >= 0.3 is 0 Å². The monoisotopic (exact) mass is 333 g/mol. The van der Waals surface area contributed by atoms with E-state index in [2.05, 4.69) is 15.3 Å². The molecule has 1 aromatic rings. The molecule has 0 bridgehead atoms. The summed E-state index contributed by atoms with van der Waals surface area (Å²) in [5, 5.41) is 7.19. The highest BCUT2D eigenvalue weighted by molar-refractivity contribution is 5.91. The normalized spacial score (nSPS) is 24.5. The molecule has 0 aliphatic carbocycles. The smallest absolute Gasteiger partial charge is 0.239 e. The number of aromatic nitrogens is 2. The molecule has 24 heavy (non-hydrogen) atoms. The van der Waals surface area contributed by atoms with Gasteiger partial charge in [0, 0.05) is 38.7 Å². The molecule has 1 N–H and O–H groups in total. The Morgan fingerprint density at radius 1 is 1.25 bits per heavy atom. The highest BCUT2D eigenvalue weighted by atomic mass is 16.2. The summed E-state index contributed by atoms with van der Waals surface area (Å²) < 4.78 is 1.68. The predicted molar refractivity (Wildman–Crippen MR) is 91.6 cm³/mol. The van der Waals surface area contributed by atoms with Gasteiger partial charge in [-0.2, -0.15) is 5.10 Å². The Morgan fingerprint density at radius 3 is 2.62 bits per heavy atom. The summed E-state index contributed by atoms with van der Waals surface area (Å²) in [6.07, 6.45) is 4.26. The highest BCUT2D eigenvalue weighted by Crippen LogP contribution is 2.29. The van der Waals surface area contributed by atoms with Crippen LogP contribution in [0, 0.1) is 6.92 Å². The van der Waals surface area contributed by atoms with Crippen molar-refractivity contribution in [3.63, 3.8) is 0 Å². The third kappa shape index (κ3) is 3.45. The minimum Gasteiger partial charge on any atom is -0.338 e. The topological polar surface area (TPSA) is 70.5 Å². The first-order valence-corrected chi connectivity index (χ1v) is 8.77. The fraction of sp³-hybridized carbons (Fsp3) is 0.706. The molecule has 7 heteroatoms. The lowest BCUT2D eigenvalue weighted by Crippen LogP contribution is -2.49. The molecular formula is C17H27N5O2. The highest BCUT2D eigenvalue weighted by Gasteiger charge is 2.39. The van der Waals surface area contributed by atoms with E-state index in [-0.39, 0.29) is 17.9 Å². The number of likely N-dealkylation sites (tertiary alicyclic amines) is 2. The Kier molecular flexibility index (Phi) is 4.89. The molecule has 3 rings (SSSR count). The van der Waals surface area contributed by atoms with Crippen LogP contribution in [0.25, 0.3) is 0 Å². The summed E-state index contributed by atoms with van der Waals surface area (Å²) >= 11 is 0. The van der Waals surface area contributed by atoms with Crippen LogP contribution in [-0.4, -0.2) is 63.1 Å². The van der Waals surface area contributed by atoms with Gasteiger partial charge in [0.15, 0.2) is 0 Å². The molecule has 3 heterocycles. The van der Waals surface area contributed by atoms with Crippen molar-refractivity contribution >= 4 is 17.6 Å². The predicted octanol–water partition coefficient (Wildman–Crippen LogP) is 1.14. The number of nitrogens with zero attached hydrogens (tertiary/aromatic N) is 4. The molecular weight excluding hydrogens is 306 g/mol. The van der Waals surface area contributed by atoms with Crippen LogP contribution in [0.3, 0.4) is 0 Å². The Hall–Kier alpha value is -1.89. The molecule has 7 nitrogen and oxygen atoms in total. The SMILES string of the molecule is CC(=O)N1CCCC1C1CCCN1CC(=O)Nc1cc(C)nn1C. The zero-order valence-electron chi connectivity index (χ0n) is 14.8. The van der Waals surface area contributed by atoms with Crippen LogP contribution in [0.5, 0.6) is 0 Å². The van der Waals surface area contributed by atoms with Gasteiger partial charge in [-0.15, -0.1) is 0 Å². The van der Waals surface area contributed by atoms with Crippen molar-refractivity contribution in [2.24, 2.45) is 7.05 Å². The second-order valence-electron chi connectivity index (χ2n) is 6.94. The molecule has 0 aromatic carbocycles. The van der Waals surface area contributed by atoms with Crippen LogP contribution in [0.4, 0.5) is 5.82 Å². The molecule has 2 amide bonds. The first-order valence-electron chi connectivity index (χ1n) is 8.77. The van der Waals surface area contributed by atoms with E-state index in [1.54, 1.807) is 11.6 Å². The Morgan fingerprint density at radius 2 is 1.96 bits per heavy atom. The molecule has 2 saturated heterocycles. The van der Waals surface area contributed by atoms with E-state index in [0.29, 0.717) is 12.6 Å². The zero-order chi connectivity index (χ0) is 17.3. The van der Waals surface area contributed by atoms with Crippen LogP contribution in [0.2, 0.25) is 0 Å². The number of nitrogens with one attached hydrogen (secondary N) is 1. The summed E-state index contributed by atoms with van der Waals surface area (Å²) in [6, 6.07) is 2.43. The van der Waals surface area contributed by atoms with Gasteiger partial charge in [-0.25, -0.2) is 0 Å². The summed E-state index contributed by atoms with van der Waals surface area (Å²) in [5.41, 5.74) is 0.884. The van der Waals surface area contributed by atoms with Gasteiger partial charge in [-0.1, -0.05) is 0 Å². The van der Waals surface area contributed by atoms with E-state index in [1.807, 2.05) is 24.9 Å². The Labute approximate surface area is 143 Å². The lowest BCUT2D eigenvalue weighted by atomic mass is 10.0. The maximum Gasteiger partial charge on any atom is 0.239 e. The first-order chi connectivity index (χ1) is 11.5. The first kappa shape index (κ1) is 17.0. The molecule has 1 aromatic heterocycles. The van der Waals surface area contributed by atoms with Gasteiger partial charge in [-0.05, 0) is 39.2 Å². The van der Waals surface area contributed by atoms with E-state index in [1.165, 1.54) is 0 Å². The van der Waals surface area contributed by atoms with Crippen molar-refractivity contribution in [2.45, 2.75) is 51.6 Å². The van der Waals surface area contributed by atoms with Crippen molar-refractivity contribution in [3.05, 3.63) is 11.8 Å². The number of amides is 2. The summed E-state index contributed by atoms with van der Waals surface area (Å²) in [6.45, 7) is 5.70. The Balaban J connectivity index is 1.62. The van der Waals surface area contributed by atoms with Crippen molar-refractivity contribution in [2.75, 3.05) is 25.0 Å². The molecule has 0 spiro atoms. The summed E-state index contributed by atoms with van der Waals surface area (Å²) in [5.74, 6) is 0.857. The standard InChI is InChI=1S/C17H27N5O2/c1-12-10-16(20(3)19-12)18-17(24)11-21-8-4-6-14(21)15-7-5-9-22(15)13(2)23/h10,14-15H,4-9,11H2,1-3H3,(H,18,24). The molecule has 0 saturated carbocycles. The number of rotatable bonds is 4. The maximum absolute atomic E-state index is 12.4. The van der Waals surface area contributed by atoms with Crippen LogP contribution in [0.1, 0.15) is 38.3 Å². The van der Waals surface area contributed by atoms with Crippen molar-refractivity contribution in [3.8, 4) is 0 Å². The van der Waals surface area contributed by atoms with E-state index in [9.17, 15) is 9.59 Å². The van der Waals surface area contributed by atoms with Gasteiger partial charge in [0.2, 0.25) is 11.8 Å². The molecule has 132 valence electrons. The third-order valence-electron chi connectivity index (χ3n) is 5.18. The molecule has 2 unspecified atom stereocenters. The lowest BCUT2D eigenvalue weighted by molar-refractivity contribution is -0.130. The number of anilines is 1. The van der Waals surface area contributed by atoms with Gasteiger partial charge < -0.3 is 10.2 Å².